The van der Waals surface area contributed by atoms with Crippen LogP contribution in [-0.4, -0.2) is 37.2 Å². The van der Waals surface area contributed by atoms with E-state index in [1.165, 1.54) is 32.1 Å². The fourth-order valence-corrected chi connectivity index (χ4v) is 5.64. The Hall–Kier alpha value is -3.15. The third kappa shape index (κ3) is 40.0. The highest BCUT2D eigenvalue weighted by Crippen LogP contribution is 2.11. The zero-order valence-corrected chi connectivity index (χ0v) is 35.0. The second-order valence-electron chi connectivity index (χ2n) is 14.2. The SMILES string of the molecule is CC/C=C\C/C=C\C/C=C\C/C=C\CCCCC(=O)OC(COC(=O)CCCCCCC)COC(=O)CCCCCCC/C=C\C/C=C\CCCCCC. The molecule has 0 spiro atoms. The quantitative estimate of drug-likeness (QED) is 0.0270. The van der Waals surface area contributed by atoms with Gasteiger partial charge < -0.3 is 14.2 Å². The number of hydrogen-bond acceptors (Lipinski definition) is 6. The van der Waals surface area contributed by atoms with Crippen LogP contribution in [0.2, 0.25) is 0 Å². The molecule has 6 nitrogen and oxygen atoms in total. The zero-order valence-electron chi connectivity index (χ0n) is 35.0. The van der Waals surface area contributed by atoms with Crippen LogP contribution >= 0.6 is 0 Å². The van der Waals surface area contributed by atoms with E-state index in [2.05, 4.69) is 93.7 Å². The zero-order chi connectivity index (χ0) is 39.4. The van der Waals surface area contributed by atoms with Gasteiger partial charge in [0.15, 0.2) is 6.10 Å². The summed E-state index contributed by atoms with van der Waals surface area (Å²) < 4.78 is 16.5. The van der Waals surface area contributed by atoms with Crippen molar-refractivity contribution in [2.24, 2.45) is 0 Å². The van der Waals surface area contributed by atoms with Crippen molar-refractivity contribution < 1.29 is 28.6 Å². The Morgan fingerprint density at radius 1 is 0.389 bits per heavy atom. The molecular weight excluding hydrogens is 673 g/mol. The molecule has 0 aromatic heterocycles. The van der Waals surface area contributed by atoms with E-state index < -0.39 is 6.10 Å². The Morgan fingerprint density at radius 2 is 0.722 bits per heavy atom. The van der Waals surface area contributed by atoms with Gasteiger partial charge in [-0.15, -0.1) is 0 Å². The molecular formula is C48H80O6. The second kappa shape index (κ2) is 42.6. The molecule has 0 aromatic rings. The molecule has 0 saturated heterocycles. The van der Waals surface area contributed by atoms with Crippen molar-refractivity contribution in [3.63, 3.8) is 0 Å². The van der Waals surface area contributed by atoms with Gasteiger partial charge in [-0.1, -0.05) is 158 Å². The van der Waals surface area contributed by atoms with Crippen LogP contribution in [0.1, 0.15) is 194 Å². The monoisotopic (exact) mass is 753 g/mol. The predicted octanol–water partition coefficient (Wildman–Crippen LogP) is 13.9. The van der Waals surface area contributed by atoms with Gasteiger partial charge in [0.2, 0.25) is 0 Å². The lowest BCUT2D eigenvalue weighted by molar-refractivity contribution is -0.167. The van der Waals surface area contributed by atoms with Gasteiger partial charge in [0, 0.05) is 19.3 Å². The van der Waals surface area contributed by atoms with Crippen LogP contribution < -0.4 is 0 Å². The summed E-state index contributed by atoms with van der Waals surface area (Å²) >= 11 is 0. The van der Waals surface area contributed by atoms with Gasteiger partial charge in [-0.3, -0.25) is 14.4 Å². The van der Waals surface area contributed by atoms with E-state index in [0.717, 1.165) is 116 Å². The fraction of sp³-hybridized carbons (Fsp3) is 0.688. The third-order valence-electron chi connectivity index (χ3n) is 8.95. The summed E-state index contributed by atoms with van der Waals surface area (Å²) in [5, 5.41) is 0. The van der Waals surface area contributed by atoms with Crippen LogP contribution in [0.3, 0.4) is 0 Å². The first-order valence-corrected chi connectivity index (χ1v) is 21.9. The number of carbonyl (C=O) groups excluding carboxylic acids is 3. The van der Waals surface area contributed by atoms with Gasteiger partial charge in [-0.05, 0) is 89.9 Å². The lowest BCUT2D eigenvalue weighted by atomic mass is 10.1. The van der Waals surface area contributed by atoms with E-state index in [0.29, 0.717) is 19.3 Å². The number of ether oxygens (including phenoxy) is 3. The molecule has 1 unspecified atom stereocenters. The summed E-state index contributed by atoms with van der Waals surface area (Å²) in [4.78, 5) is 37.4. The number of rotatable bonds is 38. The summed E-state index contributed by atoms with van der Waals surface area (Å²) in [6.45, 7) is 6.35. The Labute approximate surface area is 332 Å². The van der Waals surface area contributed by atoms with Crippen molar-refractivity contribution in [2.45, 2.75) is 200 Å². The molecule has 0 radical (unpaired) electrons. The summed E-state index contributed by atoms with van der Waals surface area (Å²) in [5.41, 5.74) is 0. The summed E-state index contributed by atoms with van der Waals surface area (Å²) in [6.07, 6.45) is 52.0. The van der Waals surface area contributed by atoms with Crippen LogP contribution in [0, 0.1) is 0 Å². The number of esters is 3. The van der Waals surface area contributed by atoms with E-state index in [9.17, 15) is 14.4 Å². The van der Waals surface area contributed by atoms with E-state index in [-0.39, 0.29) is 37.5 Å². The molecule has 0 aliphatic carbocycles. The van der Waals surface area contributed by atoms with E-state index in [1.54, 1.807) is 0 Å². The first-order chi connectivity index (χ1) is 26.5. The highest BCUT2D eigenvalue weighted by atomic mass is 16.6. The first-order valence-electron chi connectivity index (χ1n) is 21.9. The highest BCUT2D eigenvalue weighted by Gasteiger charge is 2.19. The Kier molecular flexibility index (Phi) is 40.1. The standard InChI is InChI=1S/C48H80O6/c1-4-7-10-13-15-17-19-21-23-25-26-28-30-32-35-38-41-47(50)53-44-45(43-52-46(49)40-37-34-12-9-6-3)54-48(51)42-39-36-33-31-29-27-24-22-20-18-16-14-11-8-5-2/h8,11,16-19,22-25,29,31,45H,4-7,9-10,12-15,20-21,26-28,30,32-44H2,1-3H3/b11-8-,18-16-,19-17-,24-22-,25-23-,31-29-. The molecule has 54 heavy (non-hydrogen) atoms. The van der Waals surface area contributed by atoms with Crippen molar-refractivity contribution in [3.05, 3.63) is 72.9 Å². The van der Waals surface area contributed by atoms with Crippen LogP contribution in [-0.2, 0) is 28.6 Å². The van der Waals surface area contributed by atoms with Crippen LogP contribution in [0.5, 0.6) is 0 Å². The lowest BCUT2D eigenvalue weighted by Gasteiger charge is -2.18. The minimum Gasteiger partial charge on any atom is -0.462 e. The van der Waals surface area contributed by atoms with Crippen molar-refractivity contribution in [1.29, 1.82) is 0 Å². The van der Waals surface area contributed by atoms with Gasteiger partial charge in [0.1, 0.15) is 13.2 Å². The summed E-state index contributed by atoms with van der Waals surface area (Å²) in [7, 11) is 0. The van der Waals surface area contributed by atoms with Gasteiger partial charge >= 0.3 is 17.9 Å². The van der Waals surface area contributed by atoms with Crippen molar-refractivity contribution in [1.82, 2.24) is 0 Å². The molecule has 0 bridgehead atoms. The maximum absolute atomic E-state index is 12.6. The highest BCUT2D eigenvalue weighted by molar-refractivity contribution is 5.71. The Morgan fingerprint density at radius 3 is 1.19 bits per heavy atom. The molecule has 0 fully saturated rings. The van der Waals surface area contributed by atoms with Crippen LogP contribution in [0.15, 0.2) is 72.9 Å². The largest absolute Gasteiger partial charge is 0.462 e. The molecule has 0 rings (SSSR count). The minimum absolute atomic E-state index is 0.0987. The number of carbonyl (C=O) groups is 3. The molecule has 1 atom stereocenters. The molecule has 0 aliphatic rings. The van der Waals surface area contributed by atoms with Crippen molar-refractivity contribution in [3.8, 4) is 0 Å². The fourth-order valence-electron chi connectivity index (χ4n) is 5.64. The molecule has 0 aromatic carbocycles. The van der Waals surface area contributed by atoms with E-state index in [4.69, 9.17) is 14.2 Å². The summed E-state index contributed by atoms with van der Waals surface area (Å²) in [6, 6.07) is 0. The molecule has 308 valence electrons. The second-order valence-corrected chi connectivity index (χ2v) is 14.2. The minimum atomic E-state index is -0.797. The lowest BCUT2D eigenvalue weighted by Crippen LogP contribution is -2.30. The van der Waals surface area contributed by atoms with E-state index >= 15 is 0 Å². The van der Waals surface area contributed by atoms with E-state index in [1.807, 2.05) is 0 Å². The maximum atomic E-state index is 12.6. The number of allylic oxidation sites excluding steroid dienone is 12. The molecule has 0 heterocycles. The average Bonchev–Trinajstić information content (AvgIpc) is 3.17. The van der Waals surface area contributed by atoms with Crippen molar-refractivity contribution >= 4 is 17.9 Å². The molecule has 0 N–H and O–H groups in total. The normalized spacial score (nSPS) is 12.7. The maximum Gasteiger partial charge on any atom is 0.306 e. The average molecular weight is 753 g/mol. The Bertz CT molecular complexity index is 1050. The molecule has 0 aliphatic heterocycles. The first kappa shape index (κ1) is 50.9. The van der Waals surface area contributed by atoms with Crippen LogP contribution in [0.25, 0.3) is 0 Å². The van der Waals surface area contributed by atoms with Gasteiger partial charge in [-0.2, -0.15) is 0 Å². The van der Waals surface area contributed by atoms with Crippen molar-refractivity contribution in [2.75, 3.05) is 13.2 Å². The van der Waals surface area contributed by atoms with Gasteiger partial charge in [0.05, 0.1) is 0 Å². The van der Waals surface area contributed by atoms with Gasteiger partial charge in [0.25, 0.3) is 0 Å². The van der Waals surface area contributed by atoms with Crippen LogP contribution in [0.4, 0.5) is 0 Å². The molecule has 6 heteroatoms. The third-order valence-corrected chi connectivity index (χ3v) is 8.95. The predicted molar refractivity (Wildman–Crippen MR) is 228 cm³/mol. The molecule has 0 saturated carbocycles. The topological polar surface area (TPSA) is 78.9 Å². The number of hydrogen-bond donors (Lipinski definition) is 0. The Balaban J connectivity index is 4.35. The smallest absolute Gasteiger partial charge is 0.306 e. The summed E-state index contributed by atoms with van der Waals surface area (Å²) in [5.74, 6) is -0.976. The number of unbranched alkanes of at least 4 members (excludes halogenated alkanes) is 15. The molecule has 0 amide bonds. The van der Waals surface area contributed by atoms with Gasteiger partial charge in [-0.25, -0.2) is 0 Å².